The molecule has 0 N–H and O–H groups in total. The zero-order valence-electron chi connectivity index (χ0n) is 14.9. The monoisotopic (exact) mass is 380 g/mol. The van der Waals surface area contributed by atoms with E-state index in [1.165, 1.54) is 0 Å². The number of rotatable bonds is 3. The Bertz CT molecular complexity index is 1050. The Hall–Kier alpha value is -2.48. The number of hydrogen-bond donors (Lipinski definition) is 0. The number of aromatic nitrogens is 5. The van der Waals surface area contributed by atoms with Crippen LogP contribution in [0.25, 0.3) is 11.0 Å². The van der Waals surface area contributed by atoms with E-state index in [4.69, 9.17) is 0 Å². The Balaban J connectivity index is 1.48. The SMILES string of the molecule is O=c1cc2c(nn1CC1CCCN1c1ncnc3ncccc13)CCSC2. The maximum atomic E-state index is 12.6. The van der Waals surface area contributed by atoms with Crippen molar-refractivity contribution in [3.05, 3.63) is 52.3 Å². The molecule has 1 atom stereocenters. The number of pyridine rings is 1. The summed E-state index contributed by atoms with van der Waals surface area (Å²) < 4.78 is 1.65. The molecule has 2 aliphatic heterocycles. The van der Waals surface area contributed by atoms with E-state index >= 15 is 0 Å². The highest BCUT2D eigenvalue weighted by Gasteiger charge is 2.28. The fourth-order valence-electron chi connectivity index (χ4n) is 4.00. The minimum Gasteiger partial charge on any atom is -0.351 e. The minimum absolute atomic E-state index is 0.00249. The molecule has 5 heterocycles. The minimum atomic E-state index is -0.00249. The highest BCUT2D eigenvalue weighted by atomic mass is 32.2. The quantitative estimate of drug-likeness (QED) is 0.688. The third kappa shape index (κ3) is 3.07. The molecule has 0 spiro atoms. The van der Waals surface area contributed by atoms with Crippen molar-refractivity contribution >= 4 is 28.6 Å². The standard InChI is InChI=1S/C19H20N6OS/c26-17-9-13-11-27-8-5-16(13)23-25(17)10-14-3-2-7-24(14)19-15-4-1-6-20-18(15)21-12-22-19/h1,4,6,9,12,14H,2-3,5,7-8,10-11H2. The second kappa shape index (κ2) is 6.92. The van der Waals surface area contributed by atoms with Gasteiger partial charge in [0.2, 0.25) is 0 Å². The van der Waals surface area contributed by atoms with Crippen molar-refractivity contribution in [2.75, 3.05) is 17.2 Å². The summed E-state index contributed by atoms with van der Waals surface area (Å²) in [6, 6.07) is 5.89. The smallest absolute Gasteiger partial charge is 0.267 e. The Morgan fingerprint density at radius 1 is 1.26 bits per heavy atom. The van der Waals surface area contributed by atoms with E-state index in [1.807, 2.05) is 23.9 Å². The number of anilines is 1. The molecule has 5 rings (SSSR count). The highest BCUT2D eigenvalue weighted by Crippen LogP contribution is 2.29. The fourth-order valence-corrected chi connectivity index (χ4v) is 4.95. The van der Waals surface area contributed by atoms with Gasteiger partial charge in [-0.3, -0.25) is 4.79 Å². The molecular weight excluding hydrogens is 360 g/mol. The van der Waals surface area contributed by atoms with Gasteiger partial charge in [0, 0.05) is 31.0 Å². The summed E-state index contributed by atoms with van der Waals surface area (Å²) in [5.41, 5.74) is 2.88. The molecule has 2 aliphatic rings. The number of thioether (sulfide) groups is 1. The second-order valence-electron chi connectivity index (χ2n) is 7.00. The Kier molecular flexibility index (Phi) is 4.27. The van der Waals surface area contributed by atoms with E-state index in [0.29, 0.717) is 12.2 Å². The van der Waals surface area contributed by atoms with E-state index in [0.717, 1.165) is 59.8 Å². The molecule has 1 fully saturated rings. The lowest BCUT2D eigenvalue weighted by atomic mass is 10.2. The van der Waals surface area contributed by atoms with Crippen LogP contribution in [0.15, 0.2) is 35.5 Å². The molecule has 0 saturated carbocycles. The van der Waals surface area contributed by atoms with Crippen LogP contribution >= 0.6 is 11.8 Å². The van der Waals surface area contributed by atoms with Gasteiger partial charge in [-0.2, -0.15) is 16.9 Å². The third-order valence-corrected chi connectivity index (χ3v) is 6.33. The summed E-state index contributed by atoms with van der Waals surface area (Å²) in [6.45, 7) is 1.51. The third-order valence-electron chi connectivity index (χ3n) is 5.33. The Morgan fingerprint density at radius 3 is 3.19 bits per heavy atom. The first kappa shape index (κ1) is 16.7. The molecule has 0 aromatic carbocycles. The van der Waals surface area contributed by atoms with Gasteiger partial charge in [-0.05, 0) is 36.3 Å². The average molecular weight is 380 g/mol. The first-order valence-electron chi connectivity index (χ1n) is 9.29. The molecule has 1 saturated heterocycles. The van der Waals surface area contributed by atoms with Gasteiger partial charge < -0.3 is 4.90 Å². The zero-order valence-corrected chi connectivity index (χ0v) is 15.7. The summed E-state index contributed by atoms with van der Waals surface area (Å²) in [5, 5.41) is 5.64. The lowest BCUT2D eigenvalue weighted by molar-refractivity contribution is 0.480. The molecule has 0 radical (unpaired) electrons. The average Bonchev–Trinajstić information content (AvgIpc) is 3.16. The molecule has 0 aliphatic carbocycles. The molecule has 1 unspecified atom stereocenters. The molecule has 3 aromatic rings. The lowest BCUT2D eigenvalue weighted by Gasteiger charge is -2.27. The van der Waals surface area contributed by atoms with Gasteiger partial charge in [0.15, 0.2) is 5.65 Å². The van der Waals surface area contributed by atoms with E-state index in [2.05, 4.69) is 25.0 Å². The van der Waals surface area contributed by atoms with Gasteiger partial charge >= 0.3 is 0 Å². The van der Waals surface area contributed by atoms with Gasteiger partial charge in [-0.1, -0.05) is 0 Å². The van der Waals surface area contributed by atoms with Crippen molar-refractivity contribution in [3.8, 4) is 0 Å². The van der Waals surface area contributed by atoms with Crippen LogP contribution < -0.4 is 10.5 Å². The maximum absolute atomic E-state index is 12.6. The van der Waals surface area contributed by atoms with Crippen LogP contribution in [0.2, 0.25) is 0 Å². The summed E-state index contributed by atoms with van der Waals surface area (Å²) in [7, 11) is 0. The van der Waals surface area contributed by atoms with Crippen molar-refractivity contribution < 1.29 is 0 Å². The van der Waals surface area contributed by atoms with Crippen molar-refractivity contribution in [1.29, 1.82) is 0 Å². The van der Waals surface area contributed by atoms with Crippen LogP contribution in [0.3, 0.4) is 0 Å². The van der Waals surface area contributed by atoms with Gasteiger partial charge in [0.25, 0.3) is 5.56 Å². The molecule has 7 nitrogen and oxygen atoms in total. The van der Waals surface area contributed by atoms with E-state index in [9.17, 15) is 4.79 Å². The molecule has 27 heavy (non-hydrogen) atoms. The second-order valence-corrected chi connectivity index (χ2v) is 8.11. The van der Waals surface area contributed by atoms with Crippen LogP contribution in [0.1, 0.15) is 24.1 Å². The topological polar surface area (TPSA) is 76.8 Å². The van der Waals surface area contributed by atoms with Crippen LogP contribution in [0.5, 0.6) is 0 Å². The predicted molar refractivity (Wildman–Crippen MR) is 106 cm³/mol. The first-order chi connectivity index (χ1) is 13.3. The first-order valence-corrected chi connectivity index (χ1v) is 10.4. The van der Waals surface area contributed by atoms with E-state index in [1.54, 1.807) is 23.3 Å². The molecule has 0 amide bonds. The Labute approximate surface area is 160 Å². The fraction of sp³-hybridized carbons (Fsp3) is 0.421. The molecular formula is C19H20N6OS. The van der Waals surface area contributed by atoms with Crippen LogP contribution in [-0.2, 0) is 18.7 Å². The summed E-state index contributed by atoms with van der Waals surface area (Å²) in [6.07, 6.45) is 6.35. The normalized spacial score (nSPS) is 19.4. The predicted octanol–water partition coefficient (Wildman–Crippen LogP) is 2.04. The zero-order chi connectivity index (χ0) is 18.2. The largest absolute Gasteiger partial charge is 0.351 e. The van der Waals surface area contributed by atoms with E-state index < -0.39 is 0 Å². The summed E-state index contributed by atoms with van der Waals surface area (Å²) >= 11 is 1.87. The van der Waals surface area contributed by atoms with Crippen molar-refractivity contribution in [2.24, 2.45) is 0 Å². The van der Waals surface area contributed by atoms with Gasteiger partial charge in [0.1, 0.15) is 12.1 Å². The van der Waals surface area contributed by atoms with Crippen molar-refractivity contribution in [1.82, 2.24) is 24.7 Å². The number of fused-ring (bicyclic) bond motifs is 2. The molecule has 8 heteroatoms. The number of aryl methyl sites for hydroxylation is 1. The molecule has 0 bridgehead atoms. The van der Waals surface area contributed by atoms with Crippen molar-refractivity contribution in [3.63, 3.8) is 0 Å². The van der Waals surface area contributed by atoms with Gasteiger partial charge in [-0.25, -0.2) is 19.6 Å². The summed E-state index contributed by atoms with van der Waals surface area (Å²) in [4.78, 5) is 28.0. The van der Waals surface area contributed by atoms with E-state index in [-0.39, 0.29) is 11.6 Å². The van der Waals surface area contributed by atoms with Gasteiger partial charge in [0.05, 0.1) is 23.7 Å². The number of nitrogens with zero attached hydrogens (tertiary/aromatic N) is 6. The molecule has 3 aromatic heterocycles. The summed E-state index contributed by atoms with van der Waals surface area (Å²) in [5.74, 6) is 2.87. The van der Waals surface area contributed by atoms with Crippen LogP contribution in [0, 0.1) is 0 Å². The lowest BCUT2D eigenvalue weighted by Crippen LogP contribution is -2.38. The van der Waals surface area contributed by atoms with Crippen LogP contribution in [0.4, 0.5) is 5.82 Å². The van der Waals surface area contributed by atoms with Crippen LogP contribution in [-0.4, -0.2) is 43.1 Å². The molecule has 138 valence electrons. The Morgan fingerprint density at radius 2 is 2.22 bits per heavy atom. The maximum Gasteiger partial charge on any atom is 0.267 e. The highest BCUT2D eigenvalue weighted by molar-refractivity contribution is 7.98. The van der Waals surface area contributed by atoms with Gasteiger partial charge in [-0.15, -0.1) is 0 Å². The van der Waals surface area contributed by atoms with Crippen molar-refractivity contribution in [2.45, 2.75) is 37.6 Å². The number of hydrogen-bond acceptors (Lipinski definition) is 7.